The third kappa shape index (κ3) is 5.47. The predicted octanol–water partition coefficient (Wildman–Crippen LogP) is 5.02. The lowest BCUT2D eigenvalue weighted by atomic mass is 10.1. The molecule has 2 aromatic rings. The molecule has 0 saturated carbocycles. The number of benzene rings is 2. The van der Waals surface area contributed by atoms with Crippen LogP contribution in [0.3, 0.4) is 0 Å². The van der Waals surface area contributed by atoms with Gasteiger partial charge < -0.3 is 10.1 Å². The summed E-state index contributed by atoms with van der Waals surface area (Å²) in [6, 6.07) is 16.9. The molecule has 0 saturated heterocycles. The van der Waals surface area contributed by atoms with Gasteiger partial charge in [0.15, 0.2) is 0 Å². The molecule has 4 nitrogen and oxygen atoms in total. The van der Waals surface area contributed by atoms with Crippen molar-refractivity contribution in [3.63, 3.8) is 0 Å². The van der Waals surface area contributed by atoms with Gasteiger partial charge in [-0.3, -0.25) is 4.79 Å². The Morgan fingerprint density at radius 2 is 1.88 bits per heavy atom. The molecule has 0 aliphatic rings. The summed E-state index contributed by atoms with van der Waals surface area (Å²) in [5.41, 5.74) is 1.78. The standard InChI is InChI=1S/C21H21BrN2O2/c1-14(2)26-20-10-9-16(12-19(20)22)11-18(13-23)21(25)24-15(3)17-7-5-4-6-8-17/h4-12,14-15H,1-3H3,(H,24,25)/b18-11-/t15-/m0/s1. The van der Waals surface area contributed by atoms with E-state index in [1.807, 2.05) is 75.4 Å². The second-order valence-corrected chi connectivity index (χ2v) is 6.99. The normalized spacial score (nSPS) is 12.4. The molecule has 0 aliphatic carbocycles. The first-order valence-corrected chi connectivity index (χ1v) is 9.14. The van der Waals surface area contributed by atoms with E-state index in [9.17, 15) is 10.1 Å². The molecule has 2 rings (SSSR count). The van der Waals surface area contributed by atoms with E-state index in [4.69, 9.17) is 4.74 Å². The molecule has 0 unspecified atom stereocenters. The van der Waals surface area contributed by atoms with Crippen LogP contribution in [0.2, 0.25) is 0 Å². The number of nitriles is 1. The molecule has 0 fully saturated rings. The van der Waals surface area contributed by atoms with Crippen molar-refractivity contribution in [1.82, 2.24) is 5.32 Å². The smallest absolute Gasteiger partial charge is 0.262 e. The van der Waals surface area contributed by atoms with E-state index in [1.165, 1.54) is 0 Å². The van der Waals surface area contributed by atoms with Crippen molar-refractivity contribution < 1.29 is 9.53 Å². The van der Waals surface area contributed by atoms with Gasteiger partial charge in [-0.1, -0.05) is 36.4 Å². The van der Waals surface area contributed by atoms with Crippen molar-refractivity contribution in [2.45, 2.75) is 32.9 Å². The van der Waals surface area contributed by atoms with Gasteiger partial charge in [0, 0.05) is 0 Å². The molecule has 0 bridgehead atoms. The maximum absolute atomic E-state index is 12.4. The van der Waals surface area contributed by atoms with Crippen LogP contribution in [0.1, 0.15) is 37.9 Å². The molecule has 134 valence electrons. The Bertz CT molecular complexity index is 839. The number of hydrogen-bond donors (Lipinski definition) is 1. The lowest BCUT2D eigenvalue weighted by Crippen LogP contribution is -2.27. The molecular formula is C21H21BrN2O2. The summed E-state index contributed by atoms with van der Waals surface area (Å²) < 4.78 is 6.44. The average molecular weight is 413 g/mol. The van der Waals surface area contributed by atoms with Gasteiger partial charge in [0.05, 0.1) is 16.6 Å². The Labute approximate surface area is 162 Å². The molecule has 0 radical (unpaired) electrons. The number of ether oxygens (including phenoxy) is 1. The summed E-state index contributed by atoms with van der Waals surface area (Å²) in [4.78, 5) is 12.4. The largest absolute Gasteiger partial charge is 0.490 e. The summed E-state index contributed by atoms with van der Waals surface area (Å²) in [7, 11) is 0. The zero-order chi connectivity index (χ0) is 19.1. The van der Waals surface area contributed by atoms with Crippen LogP contribution in [0.25, 0.3) is 6.08 Å². The molecule has 0 heterocycles. The van der Waals surface area contributed by atoms with Gasteiger partial charge in [-0.15, -0.1) is 0 Å². The fraction of sp³-hybridized carbons (Fsp3) is 0.238. The zero-order valence-electron chi connectivity index (χ0n) is 15.0. The van der Waals surface area contributed by atoms with E-state index >= 15 is 0 Å². The van der Waals surface area contributed by atoms with E-state index in [2.05, 4.69) is 21.2 Å². The van der Waals surface area contributed by atoms with E-state index in [0.717, 1.165) is 21.3 Å². The van der Waals surface area contributed by atoms with Gasteiger partial charge in [-0.05, 0) is 66.0 Å². The van der Waals surface area contributed by atoms with Crippen molar-refractivity contribution in [2.75, 3.05) is 0 Å². The molecular weight excluding hydrogens is 392 g/mol. The highest BCUT2D eigenvalue weighted by Gasteiger charge is 2.14. The van der Waals surface area contributed by atoms with Crippen LogP contribution >= 0.6 is 15.9 Å². The Balaban J connectivity index is 2.15. The molecule has 0 aromatic heterocycles. The third-order valence-corrected chi connectivity index (χ3v) is 4.26. The van der Waals surface area contributed by atoms with Crippen LogP contribution in [0, 0.1) is 11.3 Å². The summed E-state index contributed by atoms with van der Waals surface area (Å²) in [5.74, 6) is 0.320. The van der Waals surface area contributed by atoms with Gasteiger partial charge in [-0.2, -0.15) is 5.26 Å². The highest BCUT2D eigenvalue weighted by molar-refractivity contribution is 9.10. The minimum atomic E-state index is -0.400. The molecule has 0 spiro atoms. The van der Waals surface area contributed by atoms with Gasteiger partial charge in [0.25, 0.3) is 5.91 Å². The molecule has 0 aliphatic heterocycles. The maximum Gasteiger partial charge on any atom is 0.262 e. The van der Waals surface area contributed by atoms with Crippen LogP contribution in [0.5, 0.6) is 5.75 Å². The second kappa shape index (κ2) is 9.21. The highest BCUT2D eigenvalue weighted by atomic mass is 79.9. The Morgan fingerprint density at radius 1 is 1.19 bits per heavy atom. The van der Waals surface area contributed by atoms with Crippen molar-refractivity contribution in [3.05, 3.63) is 69.7 Å². The zero-order valence-corrected chi connectivity index (χ0v) is 16.6. The van der Waals surface area contributed by atoms with Crippen LogP contribution in [-0.4, -0.2) is 12.0 Å². The number of amides is 1. The lowest BCUT2D eigenvalue weighted by molar-refractivity contribution is -0.117. The Morgan fingerprint density at radius 3 is 2.46 bits per heavy atom. The van der Waals surface area contributed by atoms with Gasteiger partial charge in [0.1, 0.15) is 17.4 Å². The third-order valence-electron chi connectivity index (χ3n) is 3.64. The molecule has 1 atom stereocenters. The highest BCUT2D eigenvalue weighted by Crippen LogP contribution is 2.28. The number of rotatable bonds is 6. The lowest BCUT2D eigenvalue weighted by Gasteiger charge is -2.14. The first-order chi connectivity index (χ1) is 12.4. The van der Waals surface area contributed by atoms with Gasteiger partial charge in [0.2, 0.25) is 0 Å². The van der Waals surface area contributed by atoms with Gasteiger partial charge in [-0.25, -0.2) is 0 Å². The molecule has 26 heavy (non-hydrogen) atoms. The Kier molecular flexibility index (Phi) is 6.99. The predicted molar refractivity (Wildman–Crippen MR) is 106 cm³/mol. The number of hydrogen-bond acceptors (Lipinski definition) is 3. The number of carbonyl (C=O) groups excluding carboxylic acids is 1. The van der Waals surface area contributed by atoms with E-state index < -0.39 is 5.91 Å². The van der Waals surface area contributed by atoms with Crippen LogP contribution in [0.4, 0.5) is 0 Å². The van der Waals surface area contributed by atoms with E-state index in [0.29, 0.717) is 0 Å². The van der Waals surface area contributed by atoms with Crippen LogP contribution < -0.4 is 10.1 Å². The minimum Gasteiger partial charge on any atom is -0.490 e. The summed E-state index contributed by atoms with van der Waals surface area (Å²) in [5, 5.41) is 12.2. The van der Waals surface area contributed by atoms with E-state index in [-0.39, 0.29) is 17.7 Å². The molecule has 1 N–H and O–H groups in total. The fourth-order valence-electron chi connectivity index (χ4n) is 2.37. The van der Waals surface area contributed by atoms with Gasteiger partial charge >= 0.3 is 0 Å². The SMILES string of the molecule is CC(C)Oc1ccc(/C=C(/C#N)C(=O)N[C@@H](C)c2ccccc2)cc1Br. The summed E-state index contributed by atoms with van der Waals surface area (Å²) in [6.45, 7) is 5.79. The Hall–Kier alpha value is -2.58. The quantitative estimate of drug-likeness (QED) is 0.534. The molecule has 5 heteroatoms. The summed E-state index contributed by atoms with van der Waals surface area (Å²) in [6.07, 6.45) is 1.63. The number of nitrogens with one attached hydrogen (secondary N) is 1. The number of carbonyl (C=O) groups is 1. The monoisotopic (exact) mass is 412 g/mol. The number of halogens is 1. The fourth-order valence-corrected chi connectivity index (χ4v) is 2.86. The first kappa shape index (κ1) is 19.7. The topological polar surface area (TPSA) is 62.1 Å². The average Bonchev–Trinajstić information content (AvgIpc) is 2.62. The van der Waals surface area contributed by atoms with Crippen LogP contribution in [0.15, 0.2) is 58.6 Å². The molecule has 1 amide bonds. The van der Waals surface area contributed by atoms with Crippen molar-refractivity contribution in [1.29, 1.82) is 5.26 Å². The van der Waals surface area contributed by atoms with Crippen molar-refractivity contribution in [3.8, 4) is 11.8 Å². The maximum atomic E-state index is 12.4. The van der Waals surface area contributed by atoms with Crippen molar-refractivity contribution >= 4 is 27.9 Å². The molecule has 2 aromatic carbocycles. The summed E-state index contributed by atoms with van der Waals surface area (Å²) >= 11 is 3.46. The van der Waals surface area contributed by atoms with Crippen molar-refractivity contribution in [2.24, 2.45) is 0 Å². The van der Waals surface area contributed by atoms with Crippen LogP contribution in [-0.2, 0) is 4.79 Å². The second-order valence-electron chi connectivity index (χ2n) is 6.13. The first-order valence-electron chi connectivity index (χ1n) is 8.34. The minimum absolute atomic E-state index is 0.0530. The number of nitrogens with zero attached hydrogens (tertiary/aromatic N) is 1. The van der Waals surface area contributed by atoms with E-state index in [1.54, 1.807) is 6.08 Å².